The molecule has 0 saturated carbocycles. The normalized spacial score (nSPS) is 11.5. The number of pyridine rings is 1. The van der Waals surface area contributed by atoms with Crippen LogP contribution in [0.15, 0.2) is 146 Å². The predicted octanol–water partition coefficient (Wildman–Crippen LogP) is 10.9. The molecule has 0 aliphatic rings. The summed E-state index contributed by atoms with van der Waals surface area (Å²) >= 11 is 1.75. The summed E-state index contributed by atoms with van der Waals surface area (Å²) in [6.07, 6.45) is 1.88. The average molecular weight is 529 g/mol. The molecule has 6 aromatic carbocycles. The standard InChI is InChI=1S/C37H24N2S/c1-2-9-25(10-3-1)26-16-18-28(19-17-26)39(29-20-21-33-34-15-8-22-38-37(34)40-36(33)24-29)35-23-27-11-4-5-12-30(27)31-13-6-7-14-32(31)35/h1-24H. The first-order valence-corrected chi connectivity index (χ1v) is 14.3. The molecule has 188 valence electrons. The Hall–Kier alpha value is -4.99. The van der Waals surface area contributed by atoms with Gasteiger partial charge in [-0.05, 0) is 69.8 Å². The van der Waals surface area contributed by atoms with E-state index in [0.29, 0.717) is 0 Å². The minimum Gasteiger partial charge on any atom is -0.310 e. The zero-order chi connectivity index (χ0) is 26.5. The second-order valence-corrected chi connectivity index (χ2v) is 11.1. The van der Waals surface area contributed by atoms with E-state index in [4.69, 9.17) is 0 Å². The molecule has 2 nitrogen and oxygen atoms in total. The molecule has 0 aliphatic carbocycles. The number of aromatic nitrogens is 1. The second kappa shape index (κ2) is 9.33. The van der Waals surface area contributed by atoms with Gasteiger partial charge in [0.1, 0.15) is 4.83 Å². The summed E-state index contributed by atoms with van der Waals surface area (Å²) < 4.78 is 1.24. The lowest BCUT2D eigenvalue weighted by Crippen LogP contribution is -2.10. The lowest BCUT2D eigenvalue weighted by molar-refractivity contribution is 1.31. The molecule has 8 rings (SSSR count). The summed E-state index contributed by atoms with van der Waals surface area (Å²) in [5.41, 5.74) is 5.85. The van der Waals surface area contributed by atoms with Crippen molar-refractivity contribution >= 4 is 70.2 Å². The van der Waals surface area contributed by atoms with Crippen molar-refractivity contribution < 1.29 is 0 Å². The number of rotatable bonds is 4. The van der Waals surface area contributed by atoms with Gasteiger partial charge >= 0.3 is 0 Å². The van der Waals surface area contributed by atoms with Crippen molar-refractivity contribution in [2.45, 2.75) is 0 Å². The Bertz CT molecular complexity index is 2160. The van der Waals surface area contributed by atoms with E-state index >= 15 is 0 Å². The van der Waals surface area contributed by atoms with E-state index in [2.05, 4.69) is 143 Å². The van der Waals surface area contributed by atoms with Gasteiger partial charge in [0.15, 0.2) is 0 Å². The van der Waals surface area contributed by atoms with E-state index in [1.807, 2.05) is 12.3 Å². The highest BCUT2D eigenvalue weighted by Gasteiger charge is 2.18. The van der Waals surface area contributed by atoms with Crippen LogP contribution < -0.4 is 4.90 Å². The Morgan fingerprint density at radius 2 is 1.15 bits per heavy atom. The van der Waals surface area contributed by atoms with Gasteiger partial charge in [0.2, 0.25) is 0 Å². The van der Waals surface area contributed by atoms with E-state index in [9.17, 15) is 0 Å². The lowest BCUT2D eigenvalue weighted by Gasteiger charge is -2.28. The monoisotopic (exact) mass is 528 g/mol. The molecule has 2 aromatic heterocycles. The Morgan fingerprint density at radius 3 is 2.00 bits per heavy atom. The highest BCUT2D eigenvalue weighted by molar-refractivity contribution is 7.25. The van der Waals surface area contributed by atoms with Gasteiger partial charge in [-0.1, -0.05) is 97.1 Å². The third-order valence-corrected chi connectivity index (χ3v) is 8.79. The molecule has 0 atom stereocenters. The fourth-order valence-corrected chi connectivity index (χ4v) is 6.90. The number of nitrogens with zero attached hydrogens (tertiary/aromatic N) is 2. The second-order valence-electron chi connectivity index (χ2n) is 10.0. The number of fused-ring (bicyclic) bond motifs is 6. The van der Waals surface area contributed by atoms with Gasteiger partial charge in [-0.25, -0.2) is 4.98 Å². The highest BCUT2D eigenvalue weighted by atomic mass is 32.1. The van der Waals surface area contributed by atoms with Crippen molar-refractivity contribution in [1.29, 1.82) is 0 Å². The Balaban J connectivity index is 1.38. The summed E-state index contributed by atoms with van der Waals surface area (Å²) in [5.74, 6) is 0. The molecule has 0 saturated heterocycles. The first-order chi connectivity index (χ1) is 19.8. The number of anilines is 3. The molecule has 0 unspecified atom stereocenters. The molecule has 3 heteroatoms. The molecule has 0 amide bonds. The largest absolute Gasteiger partial charge is 0.310 e. The Labute approximate surface area is 236 Å². The topological polar surface area (TPSA) is 16.1 Å². The van der Waals surface area contributed by atoms with Gasteiger partial charge in [0, 0.05) is 38.4 Å². The highest BCUT2D eigenvalue weighted by Crippen LogP contribution is 2.44. The van der Waals surface area contributed by atoms with Crippen LogP contribution in [0, 0.1) is 0 Å². The minimum atomic E-state index is 1.07. The van der Waals surface area contributed by atoms with Gasteiger partial charge < -0.3 is 4.90 Å². The zero-order valence-electron chi connectivity index (χ0n) is 21.7. The number of hydrogen-bond donors (Lipinski definition) is 0. The van der Waals surface area contributed by atoms with Crippen molar-refractivity contribution in [2.75, 3.05) is 4.90 Å². The van der Waals surface area contributed by atoms with Crippen LogP contribution in [0.25, 0.3) is 53.0 Å². The van der Waals surface area contributed by atoms with Crippen LogP contribution in [0.1, 0.15) is 0 Å². The van der Waals surface area contributed by atoms with Gasteiger partial charge in [0.25, 0.3) is 0 Å². The molecule has 0 N–H and O–H groups in total. The maximum absolute atomic E-state index is 4.63. The fraction of sp³-hybridized carbons (Fsp3) is 0. The van der Waals surface area contributed by atoms with E-state index < -0.39 is 0 Å². The van der Waals surface area contributed by atoms with Crippen molar-refractivity contribution in [1.82, 2.24) is 4.98 Å². The predicted molar refractivity (Wildman–Crippen MR) is 172 cm³/mol. The summed E-state index contributed by atoms with van der Waals surface area (Å²) in [4.78, 5) is 8.11. The molecule has 40 heavy (non-hydrogen) atoms. The van der Waals surface area contributed by atoms with Gasteiger partial charge in [-0.3, -0.25) is 0 Å². The van der Waals surface area contributed by atoms with Crippen LogP contribution in [0.2, 0.25) is 0 Å². The Kier molecular flexibility index (Phi) is 5.35. The first kappa shape index (κ1) is 22.9. The number of hydrogen-bond acceptors (Lipinski definition) is 3. The average Bonchev–Trinajstić information content (AvgIpc) is 3.40. The summed E-state index contributed by atoms with van der Waals surface area (Å²) in [6, 6.07) is 50.2. The number of benzene rings is 6. The van der Waals surface area contributed by atoms with E-state index in [-0.39, 0.29) is 0 Å². The maximum Gasteiger partial charge on any atom is 0.124 e. The SMILES string of the molecule is c1ccc(-c2ccc(N(c3ccc4c(c3)sc3ncccc34)c3cc4ccccc4c4ccccc34)cc2)cc1. The van der Waals surface area contributed by atoms with Crippen molar-refractivity contribution in [3.05, 3.63) is 146 Å². The van der Waals surface area contributed by atoms with Crippen LogP contribution in [-0.4, -0.2) is 4.98 Å². The van der Waals surface area contributed by atoms with Gasteiger partial charge in [-0.15, -0.1) is 11.3 Å². The van der Waals surface area contributed by atoms with Crippen molar-refractivity contribution in [2.24, 2.45) is 0 Å². The van der Waals surface area contributed by atoms with Gasteiger partial charge in [0.05, 0.1) is 5.69 Å². The quantitative estimate of drug-likeness (QED) is 0.211. The summed E-state index contributed by atoms with van der Waals surface area (Å²) in [6.45, 7) is 0. The minimum absolute atomic E-state index is 1.07. The van der Waals surface area contributed by atoms with Gasteiger partial charge in [-0.2, -0.15) is 0 Å². The van der Waals surface area contributed by atoms with Crippen LogP contribution in [0.3, 0.4) is 0 Å². The fourth-order valence-electron chi connectivity index (χ4n) is 5.82. The van der Waals surface area contributed by atoms with E-state index in [0.717, 1.165) is 16.2 Å². The van der Waals surface area contributed by atoms with Crippen LogP contribution in [0.4, 0.5) is 17.1 Å². The molecule has 2 heterocycles. The smallest absolute Gasteiger partial charge is 0.124 e. The third kappa shape index (κ3) is 3.75. The van der Waals surface area contributed by atoms with E-state index in [1.54, 1.807) is 11.3 Å². The third-order valence-electron chi connectivity index (χ3n) is 7.71. The van der Waals surface area contributed by atoms with Crippen LogP contribution in [-0.2, 0) is 0 Å². The molecule has 0 aliphatic heterocycles. The maximum atomic E-state index is 4.63. The zero-order valence-corrected chi connectivity index (χ0v) is 22.5. The molecule has 8 aromatic rings. The van der Waals surface area contributed by atoms with E-state index in [1.165, 1.54) is 53.8 Å². The molecular weight excluding hydrogens is 504 g/mol. The van der Waals surface area contributed by atoms with Crippen molar-refractivity contribution in [3.63, 3.8) is 0 Å². The van der Waals surface area contributed by atoms with Crippen LogP contribution >= 0.6 is 11.3 Å². The molecular formula is C37H24N2S. The lowest BCUT2D eigenvalue weighted by atomic mass is 9.98. The summed E-state index contributed by atoms with van der Waals surface area (Å²) in [5, 5.41) is 7.45. The molecule has 0 bridgehead atoms. The summed E-state index contributed by atoms with van der Waals surface area (Å²) in [7, 11) is 0. The molecule has 0 radical (unpaired) electrons. The first-order valence-electron chi connectivity index (χ1n) is 13.5. The Morgan fingerprint density at radius 1 is 0.475 bits per heavy atom. The number of thiophene rings is 1. The molecule has 0 fully saturated rings. The molecule has 0 spiro atoms. The van der Waals surface area contributed by atoms with Crippen LogP contribution in [0.5, 0.6) is 0 Å². The van der Waals surface area contributed by atoms with Crippen molar-refractivity contribution in [3.8, 4) is 11.1 Å².